The van der Waals surface area contributed by atoms with Crippen molar-refractivity contribution in [1.29, 1.82) is 0 Å². The van der Waals surface area contributed by atoms with Crippen molar-refractivity contribution >= 4 is 22.1 Å². The van der Waals surface area contributed by atoms with Crippen LogP contribution in [0.25, 0.3) is 0 Å². The second-order valence-electron chi connectivity index (χ2n) is 4.67. The summed E-state index contributed by atoms with van der Waals surface area (Å²) in [4.78, 5) is 2.28. The van der Waals surface area contributed by atoms with Gasteiger partial charge in [0.1, 0.15) is 0 Å². The molecular weight excluding hydrogens is 274 g/mol. The first-order valence-electron chi connectivity index (χ1n) is 6.27. The molecule has 0 aliphatic heterocycles. The van der Waals surface area contributed by atoms with Gasteiger partial charge in [-0.15, -0.1) is 11.3 Å². The predicted octanol–water partition coefficient (Wildman–Crippen LogP) is 3.64. The molecule has 102 valence electrons. The van der Waals surface area contributed by atoms with Crippen molar-refractivity contribution in [3.63, 3.8) is 0 Å². The lowest BCUT2D eigenvalue weighted by molar-refractivity contribution is 0.580. The van der Waals surface area contributed by atoms with E-state index in [0.717, 1.165) is 11.4 Å². The van der Waals surface area contributed by atoms with E-state index in [4.69, 9.17) is 0 Å². The van der Waals surface area contributed by atoms with E-state index in [0.29, 0.717) is 6.04 Å². The van der Waals surface area contributed by atoms with E-state index in [1.54, 1.807) is 17.6 Å². The number of rotatable bonds is 5. The highest BCUT2D eigenvalue weighted by Gasteiger charge is 2.09. The molecule has 2 nitrogen and oxygen atoms in total. The normalized spacial score (nSPS) is 14.3. The van der Waals surface area contributed by atoms with Crippen LogP contribution in [0.15, 0.2) is 40.6 Å². The van der Waals surface area contributed by atoms with Crippen molar-refractivity contribution < 1.29 is 4.21 Å². The molecule has 0 unspecified atom stereocenters. The molecular formula is C15H19NOS2. The first-order valence-corrected chi connectivity index (χ1v) is 8.71. The summed E-state index contributed by atoms with van der Waals surface area (Å²) in [6.45, 7) is 5.17. The average molecular weight is 293 g/mol. The van der Waals surface area contributed by atoms with Crippen LogP contribution in [0.1, 0.15) is 29.0 Å². The minimum Gasteiger partial charge on any atom is -0.305 e. The molecule has 0 aliphatic rings. The molecule has 4 heteroatoms. The second kappa shape index (κ2) is 6.46. The third-order valence-corrected chi connectivity index (χ3v) is 5.30. The Bertz CT molecular complexity index is 560. The number of hydrogen-bond donors (Lipinski definition) is 1. The number of aryl methyl sites for hydroxylation is 1. The van der Waals surface area contributed by atoms with Crippen LogP contribution < -0.4 is 5.32 Å². The van der Waals surface area contributed by atoms with Gasteiger partial charge >= 0.3 is 0 Å². The zero-order valence-corrected chi connectivity index (χ0v) is 13.1. The summed E-state index contributed by atoms with van der Waals surface area (Å²) in [6.07, 6.45) is 1.70. The van der Waals surface area contributed by atoms with Gasteiger partial charge in [0, 0.05) is 39.4 Å². The van der Waals surface area contributed by atoms with Crippen molar-refractivity contribution in [1.82, 2.24) is 5.32 Å². The van der Waals surface area contributed by atoms with Gasteiger partial charge in [0.2, 0.25) is 0 Å². The topological polar surface area (TPSA) is 29.1 Å². The van der Waals surface area contributed by atoms with Crippen molar-refractivity contribution in [2.24, 2.45) is 0 Å². The maximum atomic E-state index is 11.3. The lowest BCUT2D eigenvalue weighted by atomic mass is 10.1. The summed E-state index contributed by atoms with van der Waals surface area (Å²) < 4.78 is 11.3. The molecule has 0 bridgehead atoms. The van der Waals surface area contributed by atoms with Crippen LogP contribution in [0.2, 0.25) is 0 Å². The summed E-state index contributed by atoms with van der Waals surface area (Å²) in [5.74, 6) is 0. The Morgan fingerprint density at radius 2 is 1.95 bits per heavy atom. The van der Waals surface area contributed by atoms with Crippen molar-refractivity contribution in [3.8, 4) is 0 Å². The van der Waals surface area contributed by atoms with Gasteiger partial charge in [-0.05, 0) is 48.6 Å². The van der Waals surface area contributed by atoms with Gasteiger partial charge in [-0.25, -0.2) is 0 Å². The summed E-state index contributed by atoms with van der Waals surface area (Å²) in [5.41, 5.74) is 2.57. The Balaban J connectivity index is 1.95. The molecule has 0 saturated heterocycles. The molecule has 19 heavy (non-hydrogen) atoms. The third-order valence-electron chi connectivity index (χ3n) is 3.16. The monoisotopic (exact) mass is 293 g/mol. The molecule has 1 aromatic heterocycles. The molecule has 0 amide bonds. The van der Waals surface area contributed by atoms with Gasteiger partial charge in [0.05, 0.1) is 0 Å². The molecule has 1 N–H and O–H groups in total. The van der Waals surface area contributed by atoms with E-state index in [1.807, 2.05) is 24.3 Å². The van der Waals surface area contributed by atoms with Crippen molar-refractivity contribution in [3.05, 3.63) is 51.7 Å². The number of hydrogen-bond acceptors (Lipinski definition) is 3. The molecule has 0 saturated carbocycles. The van der Waals surface area contributed by atoms with Crippen LogP contribution in [0, 0.1) is 6.92 Å². The van der Waals surface area contributed by atoms with Crippen LogP contribution in [0.5, 0.6) is 0 Å². The van der Waals surface area contributed by atoms with E-state index >= 15 is 0 Å². The van der Waals surface area contributed by atoms with Crippen LogP contribution in [0.3, 0.4) is 0 Å². The van der Waals surface area contributed by atoms with E-state index in [-0.39, 0.29) is 0 Å². The molecule has 0 aliphatic carbocycles. The van der Waals surface area contributed by atoms with E-state index in [9.17, 15) is 4.21 Å². The SMILES string of the molecule is Cc1ccsc1[C@@H](C)NCc1ccc([S@@](C)=O)cc1. The maximum Gasteiger partial charge on any atom is 0.0498 e. The lowest BCUT2D eigenvalue weighted by Gasteiger charge is -2.13. The van der Waals surface area contributed by atoms with Crippen LogP contribution in [-0.2, 0) is 17.3 Å². The number of thiophene rings is 1. The maximum absolute atomic E-state index is 11.3. The lowest BCUT2D eigenvalue weighted by Crippen LogP contribution is -2.17. The fraction of sp³-hybridized carbons (Fsp3) is 0.333. The van der Waals surface area contributed by atoms with E-state index in [2.05, 4.69) is 30.6 Å². The molecule has 1 aromatic carbocycles. The van der Waals surface area contributed by atoms with Gasteiger partial charge in [-0.2, -0.15) is 0 Å². The first-order chi connectivity index (χ1) is 9.08. The average Bonchev–Trinajstić information content (AvgIpc) is 2.83. The number of benzene rings is 1. The summed E-state index contributed by atoms with van der Waals surface area (Å²) in [7, 11) is -0.896. The Kier molecular flexibility index (Phi) is 4.91. The minimum atomic E-state index is -0.896. The molecule has 2 aromatic rings. The standard InChI is InChI=1S/C15H19NOS2/c1-11-8-9-18-15(11)12(2)16-10-13-4-6-14(7-5-13)19(3)17/h4-9,12,16H,10H2,1-3H3/t12-,19-/m1/s1. The molecule has 0 fully saturated rings. The molecule has 1 heterocycles. The van der Waals surface area contributed by atoms with Crippen molar-refractivity contribution in [2.75, 3.05) is 6.26 Å². The smallest absolute Gasteiger partial charge is 0.0498 e. The first kappa shape index (κ1) is 14.4. The van der Waals surface area contributed by atoms with Crippen molar-refractivity contribution in [2.45, 2.75) is 31.3 Å². The Labute approximate surface area is 121 Å². The Morgan fingerprint density at radius 1 is 1.26 bits per heavy atom. The predicted molar refractivity (Wildman–Crippen MR) is 83.1 cm³/mol. The van der Waals surface area contributed by atoms with Gasteiger partial charge in [-0.3, -0.25) is 4.21 Å². The quantitative estimate of drug-likeness (QED) is 0.912. The van der Waals surface area contributed by atoms with E-state index in [1.165, 1.54) is 16.0 Å². The van der Waals surface area contributed by atoms with Crippen LogP contribution >= 0.6 is 11.3 Å². The highest BCUT2D eigenvalue weighted by molar-refractivity contribution is 7.84. The zero-order chi connectivity index (χ0) is 13.8. The largest absolute Gasteiger partial charge is 0.305 e. The highest BCUT2D eigenvalue weighted by atomic mass is 32.2. The van der Waals surface area contributed by atoms with Crippen LogP contribution in [-0.4, -0.2) is 10.5 Å². The molecule has 0 radical (unpaired) electrons. The van der Waals surface area contributed by atoms with Gasteiger partial charge < -0.3 is 5.32 Å². The number of nitrogens with one attached hydrogen (secondary N) is 1. The summed E-state index contributed by atoms with van der Waals surface area (Å²) in [6, 6.07) is 10.5. The van der Waals surface area contributed by atoms with E-state index < -0.39 is 10.8 Å². The fourth-order valence-corrected chi connectivity index (χ4v) is 3.47. The molecule has 2 rings (SSSR count). The second-order valence-corrected chi connectivity index (χ2v) is 7.00. The Hall–Kier alpha value is -0.970. The highest BCUT2D eigenvalue weighted by Crippen LogP contribution is 2.23. The van der Waals surface area contributed by atoms with Gasteiger partial charge in [-0.1, -0.05) is 12.1 Å². The summed E-state index contributed by atoms with van der Waals surface area (Å²) in [5, 5.41) is 5.66. The van der Waals surface area contributed by atoms with Gasteiger partial charge in [0.25, 0.3) is 0 Å². The molecule has 0 spiro atoms. The third kappa shape index (κ3) is 3.75. The van der Waals surface area contributed by atoms with Crippen LogP contribution in [0.4, 0.5) is 0 Å². The minimum absolute atomic E-state index is 0.361. The summed E-state index contributed by atoms with van der Waals surface area (Å²) >= 11 is 1.80. The molecule has 2 atom stereocenters. The Morgan fingerprint density at radius 3 is 2.47 bits per heavy atom. The van der Waals surface area contributed by atoms with Gasteiger partial charge in [0.15, 0.2) is 0 Å². The fourth-order valence-electron chi connectivity index (χ4n) is 1.99. The zero-order valence-electron chi connectivity index (χ0n) is 11.5.